The van der Waals surface area contributed by atoms with Gasteiger partial charge in [0.2, 0.25) is 0 Å². The third-order valence-corrected chi connectivity index (χ3v) is 3.08. The van der Waals surface area contributed by atoms with Crippen LogP contribution in [0.5, 0.6) is 0 Å². The Balaban J connectivity index is 2.15. The molecule has 0 bridgehead atoms. The van der Waals surface area contributed by atoms with Crippen molar-refractivity contribution in [1.29, 1.82) is 0 Å². The molecule has 21 heavy (non-hydrogen) atoms. The average molecular weight is 297 g/mol. The Morgan fingerprint density at radius 2 is 2.00 bits per heavy atom. The quantitative estimate of drug-likeness (QED) is 0.861. The Hall–Kier alpha value is -2.24. The van der Waals surface area contributed by atoms with Gasteiger partial charge in [0.1, 0.15) is 0 Å². The molecule has 1 heterocycles. The molecule has 0 unspecified atom stereocenters. The average Bonchev–Trinajstić information content (AvgIpc) is 2.83. The molecule has 112 valence electrons. The van der Waals surface area contributed by atoms with Gasteiger partial charge in [-0.15, -0.1) is 0 Å². The van der Waals surface area contributed by atoms with Crippen LogP contribution in [0.15, 0.2) is 41.0 Å². The molecular weight excluding hydrogens is 283 g/mol. The van der Waals surface area contributed by atoms with Crippen LogP contribution in [-0.4, -0.2) is 17.9 Å². The topological polar surface area (TPSA) is 33.5 Å². The lowest BCUT2D eigenvalue weighted by molar-refractivity contribution is -0.137. The summed E-state index contributed by atoms with van der Waals surface area (Å²) in [6.07, 6.45) is -2.99. The van der Waals surface area contributed by atoms with Crippen LogP contribution in [0.4, 0.5) is 13.2 Å². The lowest BCUT2D eigenvalue weighted by atomic mass is 10.1. The summed E-state index contributed by atoms with van der Waals surface area (Å²) in [4.78, 5) is 13.4. The van der Waals surface area contributed by atoms with Crippen molar-refractivity contribution < 1.29 is 22.4 Å². The zero-order valence-corrected chi connectivity index (χ0v) is 11.6. The molecule has 0 atom stereocenters. The Labute approximate surface area is 120 Å². The van der Waals surface area contributed by atoms with Crippen molar-refractivity contribution in [3.05, 3.63) is 59.0 Å². The summed E-state index contributed by atoms with van der Waals surface area (Å²) >= 11 is 0. The van der Waals surface area contributed by atoms with E-state index < -0.39 is 11.7 Å². The maximum Gasteiger partial charge on any atom is 0.416 e. The van der Waals surface area contributed by atoms with Gasteiger partial charge in [-0.3, -0.25) is 4.79 Å². The van der Waals surface area contributed by atoms with Gasteiger partial charge in [-0.1, -0.05) is 12.1 Å². The predicted molar refractivity (Wildman–Crippen MR) is 70.7 cm³/mol. The first-order valence-corrected chi connectivity index (χ1v) is 6.24. The van der Waals surface area contributed by atoms with Crippen LogP contribution >= 0.6 is 0 Å². The fourth-order valence-electron chi connectivity index (χ4n) is 1.96. The second-order valence-corrected chi connectivity index (χ2v) is 4.79. The minimum atomic E-state index is -4.39. The van der Waals surface area contributed by atoms with E-state index in [4.69, 9.17) is 4.42 Å². The van der Waals surface area contributed by atoms with Crippen molar-refractivity contribution in [2.45, 2.75) is 19.6 Å². The number of alkyl halides is 3. The van der Waals surface area contributed by atoms with Crippen LogP contribution in [0.2, 0.25) is 0 Å². The van der Waals surface area contributed by atoms with E-state index in [-0.39, 0.29) is 18.2 Å². The summed E-state index contributed by atoms with van der Waals surface area (Å²) in [7, 11) is 1.52. The second kappa shape index (κ2) is 5.63. The molecule has 0 saturated heterocycles. The number of hydrogen-bond acceptors (Lipinski definition) is 2. The molecule has 0 N–H and O–H groups in total. The lowest BCUT2D eigenvalue weighted by Gasteiger charge is -2.17. The highest BCUT2D eigenvalue weighted by Crippen LogP contribution is 2.29. The van der Waals surface area contributed by atoms with E-state index in [1.54, 1.807) is 19.1 Å². The van der Waals surface area contributed by atoms with E-state index in [1.165, 1.54) is 24.3 Å². The summed E-state index contributed by atoms with van der Waals surface area (Å²) < 4.78 is 43.0. The number of benzene rings is 1. The third kappa shape index (κ3) is 3.45. The fraction of sp³-hybridized carbons (Fsp3) is 0.267. The first-order valence-electron chi connectivity index (χ1n) is 6.24. The summed E-state index contributed by atoms with van der Waals surface area (Å²) in [5.41, 5.74) is 0.371. The number of furan rings is 1. The van der Waals surface area contributed by atoms with E-state index in [1.807, 2.05) is 0 Å². The Kier molecular flexibility index (Phi) is 4.06. The van der Waals surface area contributed by atoms with Crippen LogP contribution in [0.25, 0.3) is 0 Å². The largest absolute Gasteiger partial charge is 0.459 e. The molecule has 0 spiro atoms. The lowest BCUT2D eigenvalue weighted by Crippen LogP contribution is -2.26. The van der Waals surface area contributed by atoms with Crippen molar-refractivity contribution in [3.8, 4) is 0 Å². The number of amides is 1. The monoisotopic (exact) mass is 297 g/mol. The Morgan fingerprint density at radius 3 is 2.57 bits per heavy atom. The molecule has 0 saturated carbocycles. The van der Waals surface area contributed by atoms with E-state index in [9.17, 15) is 18.0 Å². The van der Waals surface area contributed by atoms with Crippen molar-refractivity contribution in [1.82, 2.24) is 4.90 Å². The van der Waals surface area contributed by atoms with Gasteiger partial charge in [0.05, 0.1) is 11.8 Å². The SMILES string of the molecule is Cc1ccoc1C(=O)N(C)Cc1cccc(C(F)(F)F)c1. The zero-order chi connectivity index (χ0) is 15.6. The second-order valence-electron chi connectivity index (χ2n) is 4.79. The molecular formula is C15H14F3NO2. The number of rotatable bonds is 3. The van der Waals surface area contributed by atoms with Crippen molar-refractivity contribution in [2.75, 3.05) is 7.05 Å². The van der Waals surface area contributed by atoms with Gasteiger partial charge >= 0.3 is 6.18 Å². The van der Waals surface area contributed by atoms with E-state index in [2.05, 4.69) is 0 Å². The highest BCUT2D eigenvalue weighted by Gasteiger charge is 2.30. The van der Waals surface area contributed by atoms with Crippen molar-refractivity contribution in [2.24, 2.45) is 0 Å². The first kappa shape index (κ1) is 15.2. The summed E-state index contributed by atoms with van der Waals surface area (Å²) in [5.74, 6) is -0.167. The van der Waals surface area contributed by atoms with Crippen LogP contribution in [-0.2, 0) is 12.7 Å². The maximum absolute atomic E-state index is 12.6. The zero-order valence-electron chi connectivity index (χ0n) is 11.6. The molecule has 0 aliphatic rings. The molecule has 1 aromatic heterocycles. The molecule has 1 aromatic carbocycles. The van der Waals surface area contributed by atoms with Gasteiger partial charge in [0, 0.05) is 19.2 Å². The number of carbonyl (C=O) groups is 1. The molecule has 3 nitrogen and oxygen atoms in total. The first-order chi connectivity index (χ1) is 9.79. The van der Waals surface area contributed by atoms with Crippen LogP contribution in [0.1, 0.15) is 27.2 Å². The molecule has 2 aromatic rings. The number of carbonyl (C=O) groups excluding carboxylic acids is 1. The van der Waals surface area contributed by atoms with Crippen molar-refractivity contribution in [3.63, 3.8) is 0 Å². The van der Waals surface area contributed by atoms with Gasteiger partial charge in [-0.2, -0.15) is 13.2 Å². The summed E-state index contributed by atoms with van der Waals surface area (Å²) in [5, 5.41) is 0. The summed E-state index contributed by atoms with van der Waals surface area (Å²) in [6, 6.07) is 6.58. The normalized spacial score (nSPS) is 11.5. The predicted octanol–water partition coefficient (Wildman–Crippen LogP) is 3.88. The smallest absolute Gasteiger partial charge is 0.416 e. The number of hydrogen-bond donors (Lipinski definition) is 0. The molecule has 1 amide bonds. The molecule has 0 aliphatic carbocycles. The number of aryl methyl sites for hydroxylation is 1. The van der Waals surface area contributed by atoms with E-state index >= 15 is 0 Å². The number of nitrogens with zero attached hydrogens (tertiary/aromatic N) is 1. The molecule has 0 fully saturated rings. The fourth-order valence-corrected chi connectivity index (χ4v) is 1.96. The van der Waals surface area contributed by atoms with Crippen LogP contribution in [0, 0.1) is 6.92 Å². The van der Waals surface area contributed by atoms with Gasteiger partial charge in [0.25, 0.3) is 5.91 Å². The van der Waals surface area contributed by atoms with E-state index in [0.717, 1.165) is 12.1 Å². The molecule has 6 heteroatoms. The Morgan fingerprint density at radius 1 is 1.29 bits per heavy atom. The highest BCUT2D eigenvalue weighted by molar-refractivity contribution is 5.92. The van der Waals surface area contributed by atoms with Gasteiger partial charge in [-0.05, 0) is 30.7 Å². The van der Waals surface area contributed by atoms with Gasteiger partial charge in [0.15, 0.2) is 5.76 Å². The Bertz CT molecular complexity index is 646. The van der Waals surface area contributed by atoms with Gasteiger partial charge < -0.3 is 9.32 Å². The van der Waals surface area contributed by atoms with Crippen LogP contribution in [0.3, 0.4) is 0 Å². The standard InChI is InChI=1S/C15H14F3NO2/c1-10-6-7-21-13(10)14(20)19(2)9-11-4-3-5-12(8-11)15(16,17)18/h3-8H,9H2,1-2H3. The van der Waals surface area contributed by atoms with Gasteiger partial charge in [-0.25, -0.2) is 0 Å². The summed E-state index contributed by atoms with van der Waals surface area (Å²) in [6.45, 7) is 1.80. The van der Waals surface area contributed by atoms with Crippen LogP contribution < -0.4 is 0 Å². The van der Waals surface area contributed by atoms with Crippen molar-refractivity contribution >= 4 is 5.91 Å². The van der Waals surface area contributed by atoms with E-state index in [0.29, 0.717) is 11.1 Å². The molecule has 2 rings (SSSR count). The molecule has 0 radical (unpaired) electrons. The highest BCUT2D eigenvalue weighted by atomic mass is 19.4. The maximum atomic E-state index is 12.6. The third-order valence-electron chi connectivity index (χ3n) is 3.08. The number of halogens is 3. The minimum absolute atomic E-state index is 0.0723. The molecule has 0 aliphatic heterocycles. The minimum Gasteiger partial charge on any atom is -0.459 e.